The molecule has 0 fully saturated rings. The molecule has 2 aromatic carbocycles. The fourth-order valence-corrected chi connectivity index (χ4v) is 1.90. The van der Waals surface area contributed by atoms with Crippen LogP contribution in [-0.2, 0) is 14.3 Å². The minimum atomic E-state index is -0.655. The number of ether oxygens (including phenoxy) is 1. The first-order valence-corrected chi connectivity index (χ1v) is 7.37. The molecule has 2 N–H and O–H groups in total. The van der Waals surface area contributed by atoms with E-state index in [4.69, 9.17) is 10.00 Å². The van der Waals surface area contributed by atoms with Gasteiger partial charge in [-0.2, -0.15) is 5.26 Å². The van der Waals surface area contributed by atoms with Gasteiger partial charge in [0, 0.05) is 11.4 Å². The maximum absolute atomic E-state index is 11.9. The molecule has 0 aliphatic carbocycles. The molecule has 7 nitrogen and oxygen atoms in total. The van der Waals surface area contributed by atoms with Crippen LogP contribution < -0.4 is 10.6 Å². The average Bonchev–Trinajstić information content (AvgIpc) is 2.61. The van der Waals surface area contributed by atoms with E-state index in [1.54, 1.807) is 30.3 Å². The van der Waals surface area contributed by atoms with E-state index in [9.17, 15) is 14.4 Å². The van der Waals surface area contributed by atoms with Gasteiger partial charge in [-0.15, -0.1) is 0 Å². The van der Waals surface area contributed by atoms with Crippen molar-refractivity contribution in [2.45, 2.75) is 6.42 Å². The van der Waals surface area contributed by atoms with Crippen LogP contribution in [0.1, 0.15) is 16.8 Å². The van der Waals surface area contributed by atoms with Crippen LogP contribution in [0.25, 0.3) is 0 Å². The average molecular weight is 337 g/mol. The summed E-state index contributed by atoms with van der Waals surface area (Å²) in [4.78, 5) is 34.9. The van der Waals surface area contributed by atoms with E-state index < -0.39 is 24.4 Å². The molecule has 2 rings (SSSR count). The van der Waals surface area contributed by atoms with Crippen molar-refractivity contribution >= 4 is 29.2 Å². The molecule has 25 heavy (non-hydrogen) atoms. The maximum Gasteiger partial charge on any atom is 0.338 e. The molecule has 0 aliphatic rings. The van der Waals surface area contributed by atoms with E-state index in [0.29, 0.717) is 11.4 Å². The highest BCUT2D eigenvalue weighted by atomic mass is 16.5. The monoisotopic (exact) mass is 337 g/mol. The Bertz CT molecular complexity index is 795. The Labute approximate surface area is 144 Å². The summed E-state index contributed by atoms with van der Waals surface area (Å²) in [6, 6.07) is 16.5. The molecular formula is C18H15N3O4. The number of nitrogens with zero attached hydrogens (tertiary/aromatic N) is 1. The number of nitrogens with one attached hydrogen (secondary N) is 2. The van der Waals surface area contributed by atoms with Gasteiger partial charge in [0.25, 0.3) is 5.91 Å². The number of esters is 1. The molecule has 0 heterocycles. The van der Waals surface area contributed by atoms with Crippen molar-refractivity contribution in [3.8, 4) is 6.07 Å². The highest BCUT2D eigenvalue weighted by Crippen LogP contribution is 2.11. The molecule has 126 valence electrons. The van der Waals surface area contributed by atoms with Gasteiger partial charge in [-0.3, -0.25) is 9.59 Å². The van der Waals surface area contributed by atoms with Crippen LogP contribution >= 0.6 is 0 Å². The first-order valence-electron chi connectivity index (χ1n) is 7.37. The Hall–Kier alpha value is -3.66. The Morgan fingerprint density at radius 2 is 1.48 bits per heavy atom. The van der Waals surface area contributed by atoms with Crippen LogP contribution in [0.5, 0.6) is 0 Å². The summed E-state index contributed by atoms with van der Waals surface area (Å²) in [5.74, 6) is -1.53. The molecule has 0 atom stereocenters. The largest absolute Gasteiger partial charge is 0.452 e. The second-order valence-electron chi connectivity index (χ2n) is 4.95. The minimum absolute atomic E-state index is 0.241. The van der Waals surface area contributed by atoms with E-state index in [0.717, 1.165) is 0 Å². The first kappa shape index (κ1) is 17.7. The highest BCUT2D eigenvalue weighted by molar-refractivity contribution is 5.96. The summed E-state index contributed by atoms with van der Waals surface area (Å²) < 4.78 is 4.94. The number of para-hydroxylation sites is 1. The van der Waals surface area contributed by atoms with Gasteiger partial charge >= 0.3 is 5.97 Å². The predicted molar refractivity (Wildman–Crippen MR) is 90.7 cm³/mol. The molecular weight excluding hydrogens is 322 g/mol. The Morgan fingerprint density at radius 3 is 2.12 bits per heavy atom. The lowest BCUT2D eigenvalue weighted by atomic mass is 10.2. The number of benzene rings is 2. The second kappa shape index (κ2) is 8.84. The zero-order valence-electron chi connectivity index (χ0n) is 13.2. The van der Waals surface area contributed by atoms with Gasteiger partial charge in [0.2, 0.25) is 5.91 Å². The third kappa shape index (κ3) is 5.80. The number of hydrogen-bond donors (Lipinski definition) is 2. The molecule has 0 aromatic heterocycles. The van der Waals surface area contributed by atoms with Gasteiger partial charge < -0.3 is 15.4 Å². The van der Waals surface area contributed by atoms with E-state index in [-0.39, 0.29) is 12.0 Å². The molecule has 2 amide bonds. The van der Waals surface area contributed by atoms with E-state index in [1.807, 2.05) is 6.07 Å². The smallest absolute Gasteiger partial charge is 0.338 e. The summed E-state index contributed by atoms with van der Waals surface area (Å²) in [6.07, 6.45) is -0.250. The van der Waals surface area contributed by atoms with Crippen LogP contribution in [0.2, 0.25) is 0 Å². The van der Waals surface area contributed by atoms with Crippen LogP contribution in [0.3, 0.4) is 0 Å². The SMILES string of the molecule is N#CCC(=O)Nc1ccc(C(=O)OCC(=O)Nc2ccccc2)cc1. The van der Waals surface area contributed by atoms with Crippen molar-refractivity contribution in [3.63, 3.8) is 0 Å². The van der Waals surface area contributed by atoms with Crippen molar-refractivity contribution in [2.75, 3.05) is 17.2 Å². The van der Waals surface area contributed by atoms with E-state index in [2.05, 4.69) is 10.6 Å². The Kier molecular flexibility index (Phi) is 6.25. The number of hydrogen-bond acceptors (Lipinski definition) is 5. The third-order valence-corrected chi connectivity index (χ3v) is 3.04. The van der Waals surface area contributed by atoms with Crippen molar-refractivity contribution in [1.29, 1.82) is 5.26 Å². The molecule has 7 heteroatoms. The van der Waals surface area contributed by atoms with Gasteiger partial charge in [0.1, 0.15) is 6.42 Å². The predicted octanol–water partition coefficient (Wildman–Crippen LogP) is 2.33. The number of rotatable bonds is 6. The Balaban J connectivity index is 1.83. The number of carbonyl (C=O) groups is 3. The fourth-order valence-electron chi connectivity index (χ4n) is 1.90. The maximum atomic E-state index is 11.9. The number of nitriles is 1. The minimum Gasteiger partial charge on any atom is -0.452 e. The topological polar surface area (TPSA) is 108 Å². The fraction of sp³-hybridized carbons (Fsp3) is 0.111. The van der Waals surface area contributed by atoms with Gasteiger partial charge in [0.15, 0.2) is 6.61 Å². The zero-order valence-corrected chi connectivity index (χ0v) is 13.2. The third-order valence-electron chi connectivity index (χ3n) is 3.04. The van der Waals surface area contributed by atoms with Crippen LogP contribution in [-0.4, -0.2) is 24.4 Å². The highest BCUT2D eigenvalue weighted by Gasteiger charge is 2.11. The zero-order chi connectivity index (χ0) is 18.1. The second-order valence-corrected chi connectivity index (χ2v) is 4.95. The summed E-state index contributed by atoms with van der Waals surface area (Å²) >= 11 is 0. The van der Waals surface area contributed by atoms with E-state index >= 15 is 0 Å². The van der Waals surface area contributed by atoms with Crippen molar-refractivity contribution < 1.29 is 19.1 Å². The first-order chi connectivity index (χ1) is 12.1. The van der Waals surface area contributed by atoms with Crippen molar-refractivity contribution in [2.24, 2.45) is 0 Å². The van der Waals surface area contributed by atoms with Crippen LogP contribution in [0.15, 0.2) is 54.6 Å². The number of amides is 2. The summed E-state index contributed by atoms with van der Waals surface area (Å²) in [5, 5.41) is 13.5. The van der Waals surface area contributed by atoms with Crippen LogP contribution in [0, 0.1) is 11.3 Å². The molecule has 0 bridgehead atoms. The molecule has 0 aliphatic heterocycles. The van der Waals surface area contributed by atoms with Crippen molar-refractivity contribution in [3.05, 3.63) is 60.2 Å². The molecule has 0 radical (unpaired) electrons. The van der Waals surface area contributed by atoms with Gasteiger partial charge in [-0.1, -0.05) is 18.2 Å². The number of carbonyl (C=O) groups excluding carboxylic acids is 3. The lowest BCUT2D eigenvalue weighted by molar-refractivity contribution is -0.119. The molecule has 0 saturated carbocycles. The Morgan fingerprint density at radius 1 is 0.880 bits per heavy atom. The van der Waals surface area contributed by atoms with Gasteiger partial charge in [-0.25, -0.2) is 4.79 Å². The lowest BCUT2D eigenvalue weighted by Crippen LogP contribution is -2.20. The number of anilines is 2. The summed E-state index contributed by atoms with van der Waals surface area (Å²) in [6.45, 7) is -0.408. The van der Waals surface area contributed by atoms with Gasteiger partial charge in [0.05, 0.1) is 11.6 Å². The molecule has 0 spiro atoms. The summed E-state index contributed by atoms with van der Waals surface area (Å²) in [7, 11) is 0. The summed E-state index contributed by atoms with van der Waals surface area (Å²) in [5.41, 5.74) is 1.31. The lowest BCUT2D eigenvalue weighted by Gasteiger charge is -2.07. The van der Waals surface area contributed by atoms with Crippen LogP contribution in [0.4, 0.5) is 11.4 Å². The van der Waals surface area contributed by atoms with Crippen molar-refractivity contribution in [1.82, 2.24) is 0 Å². The van der Waals surface area contributed by atoms with E-state index in [1.165, 1.54) is 24.3 Å². The quantitative estimate of drug-likeness (QED) is 0.787. The molecule has 0 unspecified atom stereocenters. The standard InChI is InChI=1S/C18H15N3O4/c19-11-10-16(22)20-15-8-6-13(7-9-15)18(24)25-12-17(23)21-14-4-2-1-3-5-14/h1-9H,10,12H2,(H,20,22)(H,21,23). The molecule has 2 aromatic rings. The molecule has 0 saturated heterocycles. The van der Waals surface area contributed by atoms with Gasteiger partial charge in [-0.05, 0) is 36.4 Å². The normalized spacial score (nSPS) is 9.56.